The van der Waals surface area contributed by atoms with Crippen molar-refractivity contribution in [3.05, 3.63) is 95.1 Å². The summed E-state index contributed by atoms with van der Waals surface area (Å²) in [7, 11) is 0. The van der Waals surface area contributed by atoms with Crippen molar-refractivity contribution in [3.63, 3.8) is 0 Å². The van der Waals surface area contributed by atoms with Gasteiger partial charge in [-0.1, -0.05) is 36.4 Å². The first-order valence-electron chi connectivity index (χ1n) is 10.9. The summed E-state index contributed by atoms with van der Waals surface area (Å²) >= 11 is 0. The number of rotatable bonds is 4. The first-order valence-corrected chi connectivity index (χ1v) is 10.9. The van der Waals surface area contributed by atoms with Gasteiger partial charge in [0.05, 0.1) is 6.54 Å². The smallest absolute Gasteiger partial charge is 0.258 e. The lowest BCUT2D eigenvalue weighted by molar-refractivity contribution is 0.0987. The predicted octanol–water partition coefficient (Wildman–Crippen LogP) is 4.75. The summed E-state index contributed by atoms with van der Waals surface area (Å²) in [6.07, 6.45) is 4.42. The van der Waals surface area contributed by atoms with Crippen LogP contribution in [-0.2, 0) is 13.0 Å². The summed E-state index contributed by atoms with van der Waals surface area (Å²) in [5.41, 5.74) is 8.65. The van der Waals surface area contributed by atoms with E-state index in [0.29, 0.717) is 17.7 Å². The standard InChI is InChI=1S/C26H23F2N5O/c27-21-8-5-9-22(28)24(21)33(26(30)31-17-29)16-18-11-13-20(14-12-18)25(34)32-15-4-3-7-19-6-1-2-10-23(19)32/h1-2,5-6,8-14H,3-4,7,15-16H2,(H2,30,31). The van der Waals surface area contributed by atoms with Crippen LogP contribution in [0.25, 0.3) is 0 Å². The SMILES string of the molecule is N#CN=C(N)N(Cc1ccc(C(=O)N2CCCCc3ccccc32)cc1)c1c(F)cccc1F. The Labute approximate surface area is 196 Å². The van der Waals surface area contributed by atoms with E-state index in [4.69, 9.17) is 11.0 Å². The largest absolute Gasteiger partial charge is 0.369 e. The molecule has 0 saturated carbocycles. The second kappa shape index (κ2) is 10.1. The zero-order valence-electron chi connectivity index (χ0n) is 18.4. The summed E-state index contributed by atoms with van der Waals surface area (Å²) in [6, 6.07) is 18.1. The average molecular weight is 460 g/mol. The molecule has 0 spiro atoms. The highest BCUT2D eigenvalue weighted by Gasteiger charge is 2.23. The van der Waals surface area contributed by atoms with Crippen LogP contribution in [0.5, 0.6) is 0 Å². The Morgan fingerprint density at radius 3 is 2.44 bits per heavy atom. The Morgan fingerprint density at radius 2 is 1.74 bits per heavy atom. The van der Waals surface area contributed by atoms with E-state index in [1.807, 2.05) is 24.3 Å². The second-order valence-electron chi connectivity index (χ2n) is 7.97. The van der Waals surface area contributed by atoms with Crippen LogP contribution in [0.1, 0.15) is 34.3 Å². The fourth-order valence-corrected chi connectivity index (χ4v) is 4.13. The van der Waals surface area contributed by atoms with E-state index in [-0.39, 0.29) is 18.4 Å². The van der Waals surface area contributed by atoms with Crippen LogP contribution < -0.4 is 15.5 Å². The Balaban J connectivity index is 1.60. The Morgan fingerprint density at radius 1 is 1.03 bits per heavy atom. The molecular formula is C26H23F2N5O. The van der Waals surface area contributed by atoms with Gasteiger partial charge in [0.1, 0.15) is 17.3 Å². The first kappa shape index (κ1) is 22.9. The lowest BCUT2D eigenvalue weighted by Crippen LogP contribution is -2.38. The van der Waals surface area contributed by atoms with Crippen LogP contribution in [0.2, 0.25) is 0 Å². The van der Waals surface area contributed by atoms with E-state index in [2.05, 4.69) is 4.99 Å². The van der Waals surface area contributed by atoms with E-state index in [0.717, 1.165) is 47.5 Å². The molecule has 34 heavy (non-hydrogen) atoms. The number of para-hydroxylation sites is 2. The molecule has 1 aliphatic heterocycles. The van der Waals surface area contributed by atoms with E-state index >= 15 is 0 Å². The topological polar surface area (TPSA) is 85.7 Å². The number of aliphatic imine (C=N–C) groups is 1. The number of hydrogen-bond acceptors (Lipinski definition) is 3. The number of amides is 1. The molecule has 0 bridgehead atoms. The van der Waals surface area contributed by atoms with Crippen LogP contribution in [0.3, 0.4) is 0 Å². The van der Waals surface area contributed by atoms with E-state index in [9.17, 15) is 13.6 Å². The van der Waals surface area contributed by atoms with Crippen LogP contribution in [0.4, 0.5) is 20.2 Å². The van der Waals surface area contributed by atoms with Crippen LogP contribution in [0, 0.1) is 23.1 Å². The highest BCUT2D eigenvalue weighted by molar-refractivity contribution is 6.06. The van der Waals surface area contributed by atoms with Crippen molar-refractivity contribution in [3.8, 4) is 6.19 Å². The van der Waals surface area contributed by atoms with Crippen LogP contribution in [-0.4, -0.2) is 18.4 Å². The molecule has 0 saturated heterocycles. The van der Waals surface area contributed by atoms with Gasteiger partial charge in [0.2, 0.25) is 12.2 Å². The lowest BCUT2D eigenvalue weighted by atomic mass is 10.1. The number of benzene rings is 3. The zero-order chi connectivity index (χ0) is 24.1. The Hall–Kier alpha value is -4.25. The van der Waals surface area contributed by atoms with Crippen LogP contribution in [0.15, 0.2) is 71.7 Å². The number of guanidine groups is 1. The van der Waals surface area contributed by atoms with Gasteiger partial charge in [-0.25, -0.2) is 8.78 Å². The minimum Gasteiger partial charge on any atom is -0.369 e. The highest BCUT2D eigenvalue weighted by Crippen LogP contribution is 2.28. The summed E-state index contributed by atoms with van der Waals surface area (Å²) in [5, 5.41) is 8.87. The number of halogens is 2. The van der Waals surface area contributed by atoms with Gasteiger partial charge in [-0.3, -0.25) is 4.79 Å². The van der Waals surface area contributed by atoms with Gasteiger partial charge < -0.3 is 15.5 Å². The second-order valence-corrected chi connectivity index (χ2v) is 7.97. The number of fused-ring (bicyclic) bond motifs is 1. The summed E-state index contributed by atoms with van der Waals surface area (Å²) in [4.78, 5) is 19.6. The molecule has 0 atom stereocenters. The van der Waals surface area contributed by atoms with Crippen molar-refractivity contribution >= 4 is 23.2 Å². The molecule has 0 radical (unpaired) electrons. The number of nitrogens with zero attached hydrogens (tertiary/aromatic N) is 4. The third-order valence-corrected chi connectivity index (χ3v) is 5.80. The molecule has 172 valence electrons. The maximum absolute atomic E-state index is 14.4. The summed E-state index contributed by atoms with van der Waals surface area (Å²) in [5.74, 6) is -2.11. The Bertz CT molecular complexity index is 1250. The van der Waals surface area contributed by atoms with E-state index in [1.165, 1.54) is 6.07 Å². The molecular weight excluding hydrogens is 436 g/mol. The maximum Gasteiger partial charge on any atom is 0.258 e. The first-order chi connectivity index (χ1) is 16.5. The molecule has 0 unspecified atom stereocenters. The number of carbonyl (C=O) groups is 1. The summed E-state index contributed by atoms with van der Waals surface area (Å²) in [6.45, 7) is 0.592. The van der Waals surface area contributed by atoms with Gasteiger partial charge in [0.25, 0.3) is 5.91 Å². The number of nitrogens with two attached hydrogens (primary N) is 1. The van der Waals surface area contributed by atoms with Crippen molar-refractivity contribution in [1.82, 2.24) is 0 Å². The maximum atomic E-state index is 14.4. The predicted molar refractivity (Wildman–Crippen MR) is 127 cm³/mol. The molecule has 0 aliphatic carbocycles. The van der Waals surface area contributed by atoms with Gasteiger partial charge in [0.15, 0.2) is 0 Å². The zero-order valence-corrected chi connectivity index (χ0v) is 18.4. The van der Waals surface area contributed by atoms with Gasteiger partial charge in [-0.2, -0.15) is 5.26 Å². The van der Waals surface area contributed by atoms with Crippen molar-refractivity contribution in [2.75, 3.05) is 16.3 Å². The molecule has 8 heteroatoms. The number of nitriles is 1. The van der Waals surface area contributed by atoms with Gasteiger partial charge in [-0.15, -0.1) is 4.99 Å². The van der Waals surface area contributed by atoms with E-state index < -0.39 is 17.3 Å². The van der Waals surface area contributed by atoms with Crippen molar-refractivity contribution in [2.24, 2.45) is 10.7 Å². The molecule has 2 N–H and O–H groups in total. The van der Waals surface area contributed by atoms with E-state index in [1.54, 1.807) is 35.4 Å². The molecule has 4 rings (SSSR count). The monoisotopic (exact) mass is 459 g/mol. The molecule has 1 aliphatic rings. The highest BCUT2D eigenvalue weighted by atomic mass is 19.1. The quantitative estimate of drug-likeness (QED) is 0.347. The fraction of sp³-hybridized carbons (Fsp3) is 0.192. The third-order valence-electron chi connectivity index (χ3n) is 5.80. The molecule has 1 amide bonds. The fourth-order valence-electron chi connectivity index (χ4n) is 4.13. The molecule has 0 fully saturated rings. The van der Waals surface area contributed by atoms with Crippen molar-refractivity contribution in [1.29, 1.82) is 5.26 Å². The molecule has 3 aromatic rings. The van der Waals surface area contributed by atoms with Gasteiger partial charge in [0, 0.05) is 17.8 Å². The summed E-state index contributed by atoms with van der Waals surface area (Å²) < 4.78 is 28.8. The number of hydrogen-bond donors (Lipinski definition) is 1. The van der Waals surface area contributed by atoms with Gasteiger partial charge in [-0.05, 0) is 60.7 Å². The minimum absolute atomic E-state index is 0.0457. The minimum atomic E-state index is -0.831. The molecule has 1 heterocycles. The normalized spacial score (nSPS) is 13.6. The molecule has 0 aromatic heterocycles. The number of aryl methyl sites for hydroxylation is 1. The molecule has 6 nitrogen and oxygen atoms in total. The van der Waals surface area contributed by atoms with Crippen LogP contribution >= 0.6 is 0 Å². The molecule has 3 aromatic carbocycles. The van der Waals surface area contributed by atoms with Gasteiger partial charge >= 0.3 is 0 Å². The number of carbonyl (C=O) groups excluding carboxylic acids is 1. The Kier molecular flexibility index (Phi) is 6.83. The lowest BCUT2D eigenvalue weighted by Gasteiger charge is -2.25. The van der Waals surface area contributed by atoms with Crippen molar-refractivity contribution < 1.29 is 13.6 Å². The number of anilines is 2. The average Bonchev–Trinajstić information content (AvgIpc) is 3.06. The third kappa shape index (κ3) is 4.74. The van der Waals surface area contributed by atoms with Crippen molar-refractivity contribution in [2.45, 2.75) is 25.8 Å².